The van der Waals surface area contributed by atoms with E-state index in [9.17, 15) is 14.9 Å². The van der Waals surface area contributed by atoms with Gasteiger partial charge in [-0.15, -0.1) is 0 Å². The summed E-state index contributed by atoms with van der Waals surface area (Å²) in [6.07, 6.45) is 8.06. The van der Waals surface area contributed by atoms with Gasteiger partial charge in [0.15, 0.2) is 0 Å². The van der Waals surface area contributed by atoms with Crippen LogP contribution in [0.2, 0.25) is 5.02 Å². The van der Waals surface area contributed by atoms with Crippen molar-refractivity contribution >= 4 is 34.4 Å². The first-order valence-corrected chi connectivity index (χ1v) is 12.0. The third-order valence-electron chi connectivity index (χ3n) is 6.17. The van der Waals surface area contributed by atoms with Crippen molar-refractivity contribution in [3.63, 3.8) is 0 Å². The Morgan fingerprint density at radius 1 is 1.11 bits per heavy atom. The van der Waals surface area contributed by atoms with Crippen molar-refractivity contribution in [3.8, 4) is 11.6 Å². The molecule has 0 bridgehead atoms. The number of hydrogen-bond acceptors (Lipinski definition) is 7. The van der Waals surface area contributed by atoms with Crippen LogP contribution < -0.4 is 10.3 Å². The van der Waals surface area contributed by atoms with Crippen LogP contribution in [0.1, 0.15) is 49.4 Å². The molecule has 9 nitrogen and oxygen atoms in total. The number of nitro groups is 1. The predicted molar refractivity (Wildman–Crippen MR) is 137 cm³/mol. The summed E-state index contributed by atoms with van der Waals surface area (Å²) in [7, 11) is 0. The maximum Gasteiger partial charge on any atom is 0.287 e. The van der Waals surface area contributed by atoms with Gasteiger partial charge >= 0.3 is 0 Å². The normalized spacial score (nSPS) is 14.4. The SMILES string of the molecule is O=c1c2ccccc2nc(C2CCCCC2)n1N=Cc1ccc(Oc2ccc([N+](=O)[O-])cn2)c(Cl)c1. The number of pyridine rings is 1. The summed E-state index contributed by atoms with van der Waals surface area (Å²) in [5, 5.41) is 16.1. The fraction of sp³-hybridized carbons (Fsp3) is 0.231. The van der Waals surface area contributed by atoms with Gasteiger partial charge in [-0.2, -0.15) is 9.78 Å². The Balaban J connectivity index is 1.44. The minimum absolute atomic E-state index is 0.133. The van der Waals surface area contributed by atoms with Gasteiger partial charge in [0, 0.05) is 18.1 Å². The topological polar surface area (TPSA) is 113 Å². The van der Waals surface area contributed by atoms with E-state index >= 15 is 0 Å². The van der Waals surface area contributed by atoms with E-state index in [1.54, 1.807) is 30.5 Å². The van der Waals surface area contributed by atoms with Crippen molar-refractivity contribution in [1.29, 1.82) is 0 Å². The van der Waals surface area contributed by atoms with E-state index in [4.69, 9.17) is 21.3 Å². The van der Waals surface area contributed by atoms with Crippen LogP contribution >= 0.6 is 11.6 Å². The molecule has 2 aromatic heterocycles. The molecule has 1 aliphatic rings. The summed E-state index contributed by atoms with van der Waals surface area (Å²) in [6, 6.07) is 15.1. The summed E-state index contributed by atoms with van der Waals surface area (Å²) >= 11 is 6.40. The number of rotatable bonds is 6. The van der Waals surface area contributed by atoms with Crippen LogP contribution in [0.15, 0.2) is 70.7 Å². The van der Waals surface area contributed by atoms with E-state index in [-0.39, 0.29) is 23.0 Å². The maximum absolute atomic E-state index is 13.3. The highest BCUT2D eigenvalue weighted by molar-refractivity contribution is 6.32. The molecule has 2 heterocycles. The number of halogens is 1. The molecule has 4 aromatic rings. The first-order valence-electron chi connectivity index (χ1n) is 11.6. The smallest absolute Gasteiger partial charge is 0.287 e. The monoisotopic (exact) mass is 503 g/mol. The van der Waals surface area contributed by atoms with Crippen LogP contribution in [0.5, 0.6) is 11.6 Å². The average Bonchev–Trinajstić information content (AvgIpc) is 2.90. The molecule has 0 radical (unpaired) electrons. The van der Waals surface area contributed by atoms with Gasteiger partial charge in [-0.1, -0.05) is 43.0 Å². The second-order valence-electron chi connectivity index (χ2n) is 8.59. The van der Waals surface area contributed by atoms with Crippen molar-refractivity contribution in [2.24, 2.45) is 5.10 Å². The van der Waals surface area contributed by atoms with Gasteiger partial charge in [-0.3, -0.25) is 14.9 Å². The molecule has 36 heavy (non-hydrogen) atoms. The number of nitrogens with zero attached hydrogens (tertiary/aromatic N) is 5. The van der Waals surface area contributed by atoms with Crippen molar-refractivity contribution < 1.29 is 9.66 Å². The molecular formula is C26H22ClN5O4. The molecule has 0 N–H and O–H groups in total. The number of hydrogen-bond donors (Lipinski definition) is 0. The average molecular weight is 504 g/mol. The fourth-order valence-electron chi connectivity index (χ4n) is 4.34. The Bertz CT molecular complexity index is 1510. The molecule has 0 unspecified atom stereocenters. The lowest BCUT2D eigenvalue weighted by Crippen LogP contribution is -2.25. The van der Waals surface area contributed by atoms with Gasteiger partial charge < -0.3 is 4.74 Å². The maximum atomic E-state index is 13.3. The highest BCUT2D eigenvalue weighted by Gasteiger charge is 2.22. The Morgan fingerprint density at radius 3 is 2.64 bits per heavy atom. The minimum Gasteiger partial charge on any atom is -0.437 e. The molecule has 0 atom stereocenters. The fourth-order valence-corrected chi connectivity index (χ4v) is 4.56. The van der Waals surface area contributed by atoms with Crippen LogP contribution in [0, 0.1) is 10.1 Å². The van der Waals surface area contributed by atoms with E-state index in [1.807, 2.05) is 18.2 Å². The summed E-state index contributed by atoms with van der Waals surface area (Å²) in [5.74, 6) is 1.38. The standard InChI is InChI=1S/C26H22ClN5O4/c27-21-14-17(10-12-23(21)36-24-13-11-19(16-28-24)32(34)35)15-29-31-25(18-6-2-1-3-7-18)30-22-9-5-4-8-20(22)26(31)33/h4-5,8-16,18H,1-3,6-7H2. The van der Waals surface area contributed by atoms with Gasteiger partial charge in [-0.05, 0) is 48.7 Å². The third kappa shape index (κ3) is 4.96. The van der Waals surface area contributed by atoms with Crippen LogP contribution in [0.3, 0.4) is 0 Å². The zero-order valence-corrected chi connectivity index (χ0v) is 20.0. The van der Waals surface area contributed by atoms with Crippen molar-refractivity contribution in [2.75, 3.05) is 0 Å². The Kier molecular flexibility index (Phi) is 6.73. The number of para-hydroxylation sites is 1. The molecule has 1 saturated carbocycles. The van der Waals surface area contributed by atoms with Crippen LogP contribution in [0.25, 0.3) is 10.9 Å². The molecule has 182 valence electrons. The predicted octanol–water partition coefficient (Wildman–Crippen LogP) is 6.08. The van der Waals surface area contributed by atoms with Crippen LogP contribution in [0.4, 0.5) is 5.69 Å². The van der Waals surface area contributed by atoms with E-state index in [0.717, 1.165) is 31.9 Å². The number of aromatic nitrogens is 3. The van der Waals surface area contributed by atoms with E-state index in [0.29, 0.717) is 33.1 Å². The molecular weight excluding hydrogens is 482 g/mol. The van der Waals surface area contributed by atoms with Crippen molar-refractivity contribution in [2.45, 2.75) is 38.0 Å². The molecule has 1 aliphatic carbocycles. The van der Waals surface area contributed by atoms with Gasteiger partial charge in [-0.25, -0.2) is 9.97 Å². The van der Waals surface area contributed by atoms with Crippen molar-refractivity contribution in [3.05, 3.63) is 97.7 Å². The largest absolute Gasteiger partial charge is 0.437 e. The Morgan fingerprint density at radius 2 is 1.92 bits per heavy atom. The first kappa shape index (κ1) is 23.6. The molecule has 10 heteroatoms. The van der Waals surface area contributed by atoms with Gasteiger partial charge in [0.05, 0.1) is 27.1 Å². The van der Waals surface area contributed by atoms with Crippen LogP contribution in [-0.4, -0.2) is 25.8 Å². The van der Waals surface area contributed by atoms with Gasteiger partial charge in [0.2, 0.25) is 5.88 Å². The highest BCUT2D eigenvalue weighted by atomic mass is 35.5. The highest BCUT2D eigenvalue weighted by Crippen LogP contribution is 2.32. The van der Waals surface area contributed by atoms with Crippen molar-refractivity contribution in [1.82, 2.24) is 14.6 Å². The zero-order chi connectivity index (χ0) is 25.1. The molecule has 0 amide bonds. The first-order chi connectivity index (χ1) is 17.5. The van der Waals surface area contributed by atoms with E-state index in [2.05, 4.69) is 10.1 Å². The summed E-state index contributed by atoms with van der Waals surface area (Å²) in [4.78, 5) is 32.3. The molecule has 0 aliphatic heterocycles. The molecule has 5 rings (SSSR count). The zero-order valence-electron chi connectivity index (χ0n) is 19.2. The third-order valence-corrected chi connectivity index (χ3v) is 6.47. The van der Waals surface area contributed by atoms with E-state index in [1.165, 1.54) is 23.2 Å². The van der Waals surface area contributed by atoms with Gasteiger partial charge in [0.1, 0.15) is 17.8 Å². The lowest BCUT2D eigenvalue weighted by molar-refractivity contribution is -0.385. The lowest BCUT2D eigenvalue weighted by Gasteiger charge is -2.22. The molecule has 1 fully saturated rings. The molecule has 0 spiro atoms. The van der Waals surface area contributed by atoms with E-state index < -0.39 is 4.92 Å². The minimum atomic E-state index is -0.534. The molecule has 0 saturated heterocycles. The Hall–Kier alpha value is -4.11. The second kappa shape index (κ2) is 10.2. The Labute approximate surface area is 211 Å². The van der Waals surface area contributed by atoms with Gasteiger partial charge in [0.25, 0.3) is 11.2 Å². The summed E-state index contributed by atoms with van der Waals surface area (Å²) < 4.78 is 7.07. The number of benzene rings is 2. The summed E-state index contributed by atoms with van der Waals surface area (Å²) in [5.41, 5.74) is 1.01. The quantitative estimate of drug-likeness (QED) is 0.179. The lowest BCUT2D eigenvalue weighted by atomic mass is 9.88. The number of fused-ring (bicyclic) bond motifs is 1. The number of ether oxygens (including phenoxy) is 1. The van der Waals surface area contributed by atoms with Crippen LogP contribution in [-0.2, 0) is 0 Å². The molecule has 2 aromatic carbocycles. The second-order valence-corrected chi connectivity index (χ2v) is 8.99. The summed E-state index contributed by atoms with van der Waals surface area (Å²) in [6.45, 7) is 0.